The summed E-state index contributed by atoms with van der Waals surface area (Å²) in [6.45, 7) is 6.87. The fourth-order valence-electron chi connectivity index (χ4n) is 1.40. The van der Waals surface area contributed by atoms with Crippen LogP contribution in [0.15, 0.2) is 35.2 Å². The maximum absolute atomic E-state index is 3.78. The van der Waals surface area contributed by atoms with Crippen LogP contribution in [0.25, 0.3) is 0 Å². The molecule has 1 atom stereocenters. The third kappa shape index (κ3) is 5.40. The van der Waals surface area contributed by atoms with Crippen LogP contribution in [0.1, 0.15) is 33.6 Å². The summed E-state index contributed by atoms with van der Waals surface area (Å²) in [5, 5.41) is 0. The number of hydrogen-bond acceptors (Lipinski definition) is 1. The van der Waals surface area contributed by atoms with E-state index in [2.05, 4.69) is 67.0 Å². The zero-order valence-corrected chi connectivity index (χ0v) is 12.8. The molecule has 0 fully saturated rings. The van der Waals surface area contributed by atoms with Crippen LogP contribution < -0.4 is 0 Å². The van der Waals surface area contributed by atoms with Crippen molar-refractivity contribution in [1.82, 2.24) is 0 Å². The molecule has 0 heterocycles. The summed E-state index contributed by atoms with van der Waals surface area (Å²) in [6.07, 6.45) is 2.52. The summed E-state index contributed by atoms with van der Waals surface area (Å²) in [5.74, 6) is 1.21. The molecule has 0 aliphatic rings. The van der Waals surface area contributed by atoms with Gasteiger partial charge in [0.15, 0.2) is 0 Å². The highest BCUT2D eigenvalue weighted by Crippen LogP contribution is 2.30. The van der Waals surface area contributed by atoms with Gasteiger partial charge in [0.2, 0.25) is 0 Å². The Morgan fingerprint density at radius 3 is 2.38 bits per heavy atom. The van der Waals surface area contributed by atoms with Gasteiger partial charge in [-0.05, 0) is 36.1 Å². The third-order valence-electron chi connectivity index (χ3n) is 2.55. The molecular weight excluding hydrogens is 280 g/mol. The van der Waals surface area contributed by atoms with Gasteiger partial charge in [0, 0.05) is 9.72 Å². The first-order valence-electron chi connectivity index (χ1n) is 5.82. The van der Waals surface area contributed by atoms with Crippen molar-refractivity contribution in [3.05, 3.63) is 30.3 Å². The smallest absolute Gasteiger partial charge is 0.0194 e. The third-order valence-corrected chi connectivity index (χ3v) is 5.48. The molecule has 1 rings (SSSR count). The molecule has 0 saturated carbocycles. The van der Waals surface area contributed by atoms with Gasteiger partial charge in [-0.25, -0.2) is 0 Å². The standard InChI is InChI=1S/C14H21BrS/c1-14(2,3)13(15)10-7-11-16-12-8-5-4-6-9-12/h4-6,8-9,13H,7,10-11H2,1-3H3. The summed E-state index contributed by atoms with van der Waals surface area (Å²) in [4.78, 5) is 2.00. The summed E-state index contributed by atoms with van der Waals surface area (Å²) in [5.41, 5.74) is 0.372. The van der Waals surface area contributed by atoms with E-state index in [0.29, 0.717) is 10.2 Å². The fraction of sp³-hybridized carbons (Fsp3) is 0.571. The quantitative estimate of drug-likeness (QED) is 0.400. The molecule has 0 aliphatic heterocycles. The van der Waals surface area contributed by atoms with Crippen LogP contribution in [0.4, 0.5) is 0 Å². The monoisotopic (exact) mass is 300 g/mol. The highest BCUT2D eigenvalue weighted by atomic mass is 79.9. The average molecular weight is 301 g/mol. The minimum Gasteiger partial charge on any atom is -0.126 e. The van der Waals surface area contributed by atoms with Crippen molar-refractivity contribution in [3.8, 4) is 0 Å². The molecule has 0 saturated heterocycles. The summed E-state index contributed by atoms with van der Waals surface area (Å²) >= 11 is 5.73. The van der Waals surface area contributed by atoms with Crippen LogP contribution in [-0.4, -0.2) is 10.6 Å². The first-order chi connectivity index (χ1) is 7.50. The van der Waals surface area contributed by atoms with E-state index < -0.39 is 0 Å². The van der Waals surface area contributed by atoms with Crippen molar-refractivity contribution in [3.63, 3.8) is 0 Å². The molecule has 0 nitrogen and oxygen atoms in total. The number of alkyl halides is 1. The van der Waals surface area contributed by atoms with Gasteiger partial charge >= 0.3 is 0 Å². The normalized spacial score (nSPS) is 13.8. The van der Waals surface area contributed by atoms with Gasteiger partial charge in [0.25, 0.3) is 0 Å². The van der Waals surface area contributed by atoms with E-state index in [-0.39, 0.29) is 0 Å². The average Bonchev–Trinajstić information content (AvgIpc) is 2.24. The zero-order valence-electron chi connectivity index (χ0n) is 10.4. The topological polar surface area (TPSA) is 0 Å². The van der Waals surface area contributed by atoms with E-state index in [1.165, 1.54) is 23.5 Å². The van der Waals surface area contributed by atoms with Crippen LogP contribution in [0.5, 0.6) is 0 Å². The first kappa shape index (κ1) is 14.1. The van der Waals surface area contributed by atoms with Crippen molar-refractivity contribution in [2.75, 3.05) is 5.75 Å². The van der Waals surface area contributed by atoms with E-state index >= 15 is 0 Å². The van der Waals surface area contributed by atoms with Crippen LogP contribution >= 0.6 is 27.7 Å². The molecule has 1 aromatic carbocycles. The predicted octanol–water partition coefficient (Wildman–Crippen LogP) is 5.37. The summed E-state index contributed by atoms with van der Waals surface area (Å²) in [6, 6.07) is 10.6. The zero-order chi connectivity index (χ0) is 12.0. The lowest BCUT2D eigenvalue weighted by molar-refractivity contribution is 0.384. The minimum atomic E-state index is 0.372. The van der Waals surface area contributed by atoms with E-state index in [1.54, 1.807) is 0 Å². The second-order valence-electron chi connectivity index (χ2n) is 5.14. The second kappa shape index (κ2) is 6.70. The van der Waals surface area contributed by atoms with Crippen molar-refractivity contribution in [2.24, 2.45) is 5.41 Å². The highest BCUT2D eigenvalue weighted by Gasteiger charge is 2.20. The Labute approximate surface area is 112 Å². The molecule has 1 unspecified atom stereocenters. The van der Waals surface area contributed by atoms with Gasteiger partial charge < -0.3 is 0 Å². The molecule has 16 heavy (non-hydrogen) atoms. The van der Waals surface area contributed by atoms with Crippen LogP contribution in [0.2, 0.25) is 0 Å². The molecule has 0 aliphatic carbocycles. The maximum Gasteiger partial charge on any atom is 0.0194 e. The Morgan fingerprint density at radius 1 is 1.19 bits per heavy atom. The van der Waals surface area contributed by atoms with Crippen molar-refractivity contribution in [1.29, 1.82) is 0 Å². The molecule has 0 bridgehead atoms. The minimum absolute atomic E-state index is 0.372. The van der Waals surface area contributed by atoms with E-state index in [4.69, 9.17) is 0 Å². The lowest BCUT2D eigenvalue weighted by Gasteiger charge is -2.25. The molecule has 0 aromatic heterocycles. The lowest BCUT2D eigenvalue weighted by atomic mass is 9.90. The van der Waals surface area contributed by atoms with Gasteiger partial charge in [0.1, 0.15) is 0 Å². The molecular formula is C14H21BrS. The molecule has 90 valence electrons. The largest absolute Gasteiger partial charge is 0.126 e. The first-order valence-corrected chi connectivity index (χ1v) is 7.72. The van der Waals surface area contributed by atoms with Crippen molar-refractivity contribution < 1.29 is 0 Å². The van der Waals surface area contributed by atoms with Gasteiger partial charge in [-0.3, -0.25) is 0 Å². The van der Waals surface area contributed by atoms with Crippen molar-refractivity contribution in [2.45, 2.75) is 43.3 Å². The molecule has 0 N–H and O–H groups in total. The fourth-order valence-corrected chi connectivity index (χ4v) is 2.62. The van der Waals surface area contributed by atoms with Crippen LogP contribution in [-0.2, 0) is 0 Å². The number of benzene rings is 1. The number of hydrogen-bond donors (Lipinski definition) is 0. The van der Waals surface area contributed by atoms with Crippen LogP contribution in [0.3, 0.4) is 0 Å². The van der Waals surface area contributed by atoms with Gasteiger partial charge in [-0.2, -0.15) is 0 Å². The summed E-state index contributed by atoms with van der Waals surface area (Å²) in [7, 11) is 0. The number of thioether (sulfide) groups is 1. The number of halogens is 1. The maximum atomic E-state index is 3.78. The highest BCUT2D eigenvalue weighted by molar-refractivity contribution is 9.09. The van der Waals surface area contributed by atoms with Gasteiger partial charge in [-0.15, -0.1) is 11.8 Å². The van der Waals surface area contributed by atoms with Crippen LogP contribution in [0, 0.1) is 5.41 Å². The van der Waals surface area contributed by atoms with Gasteiger partial charge in [0.05, 0.1) is 0 Å². The van der Waals surface area contributed by atoms with E-state index in [1.807, 2.05) is 11.8 Å². The molecule has 0 spiro atoms. The lowest BCUT2D eigenvalue weighted by Crippen LogP contribution is -2.20. The van der Waals surface area contributed by atoms with Gasteiger partial charge in [-0.1, -0.05) is 54.9 Å². The Kier molecular flexibility index (Phi) is 5.91. The molecule has 2 heteroatoms. The Bertz CT molecular complexity index is 289. The second-order valence-corrected chi connectivity index (χ2v) is 7.41. The van der Waals surface area contributed by atoms with E-state index in [0.717, 1.165) is 0 Å². The van der Waals surface area contributed by atoms with E-state index in [9.17, 15) is 0 Å². The summed E-state index contributed by atoms with van der Waals surface area (Å²) < 4.78 is 0. The molecule has 1 aromatic rings. The molecule has 0 amide bonds. The Morgan fingerprint density at radius 2 is 1.81 bits per heavy atom. The van der Waals surface area contributed by atoms with Crippen molar-refractivity contribution >= 4 is 27.7 Å². The Balaban J connectivity index is 2.18. The molecule has 0 radical (unpaired) electrons. The predicted molar refractivity (Wildman–Crippen MR) is 78.6 cm³/mol. The Hall–Kier alpha value is 0.0500. The number of rotatable bonds is 5. The SMILES string of the molecule is CC(C)(C)C(Br)CCCSc1ccccc1.